The van der Waals surface area contributed by atoms with Crippen LogP contribution in [0.1, 0.15) is 18.4 Å². The Balaban J connectivity index is 1.84. The molecule has 1 amide bonds. The third-order valence-corrected chi connectivity index (χ3v) is 2.97. The van der Waals surface area contributed by atoms with E-state index in [1.807, 2.05) is 0 Å². The number of anilines is 1. The first-order valence-corrected chi connectivity index (χ1v) is 7.00. The van der Waals surface area contributed by atoms with Crippen LogP contribution in [-0.2, 0) is 16.1 Å². The number of aromatic nitrogens is 2. The molecule has 7 heteroatoms. The van der Waals surface area contributed by atoms with Crippen molar-refractivity contribution in [2.45, 2.75) is 19.4 Å². The second kappa shape index (κ2) is 7.88. The Morgan fingerprint density at radius 1 is 1.30 bits per heavy atom. The molecule has 23 heavy (non-hydrogen) atoms. The molecule has 0 aliphatic rings. The molecule has 1 heterocycles. The van der Waals surface area contributed by atoms with Crippen LogP contribution >= 0.6 is 0 Å². The molecule has 0 saturated heterocycles. The van der Waals surface area contributed by atoms with Gasteiger partial charge in [0.1, 0.15) is 5.82 Å². The van der Waals surface area contributed by atoms with Gasteiger partial charge in [-0.25, -0.2) is 4.39 Å². The maximum Gasteiger partial charge on any atom is 0.248 e. The van der Waals surface area contributed by atoms with E-state index in [0.717, 1.165) is 0 Å². The Kier molecular flexibility index (Phi) is 5.62. The number of nitrogens with one attached hydrogen (secondary N) is 1. The number of carboxylic acids is 1. The lowest BCUT2D eigenvalue weighted by Gasteiger charge is -2.02. The van der Waals surface area contributed by atoms with Gasteiger partial charge in [-0.05, 0) is 36.6 Å². The van der Waals surface area contributed by atoms with Crippen molar-refractivity contribution in [2.75, 3.05) is 5.32 Å². The smallest absolute Gasteiger partial charge is 0.248 e. The van der Waals surface area contributed by atoms with Crippen LogP contribution in [0.15, 0.2) is 42.7 Å². The molecule has 0 unspecified atom stereocenters. The number of aryl methyl sites for hydroxylation is 1. The first kappa shape index (κ1) is 16.4. The minimum Gasteiger partial charge on any atom is -0.550 e. The molecule has 2 rings (SSSR count). The van der Waals surface area contributed by atoms with Crippen LogP contribution < -0.4 is 10.4 Å². The molecule has 0 radical (unpaired) electrons. The van der Waals surface area contributed by atoms with Crippen molar-refractivity contribution in [3.8, 4) is 0 Å². The Morgan fingerprint density at radius 3 is 2.74 bits per heavy atom. The second-order valence-electron chi connectivity index (χ2n) is 4.84. The number of nitrogens with zero attached hydrogens (tertiary/aromatic N) is 2. The van der Waals surface area contributed by atoms with Crippen LogP contribution in [0.3, 0.4) is 0 Å². The Hall–Kier alpha value is -2.96. The fraction of sp³-hybridized carbons (Fsp3) is 0.188. The summed E-state index contributed by atoms with van der Waals surface area (Å²) in [6.45, 7) is 0.426. The number of hydrogen-bond donors (Lipinski definition) is 1. The van der Waals surface area contributed by atoms with Gasteiger partial charge in [0, 0.05) is 24.8 Å². The van der Waals surface area contributed by atoms with E-state index in [1.165, 1.54) is 24.4 Å². The van der Waals surface area contributed by atoms with E-state index in [0.29, 0.717) is 24.2 Å². The fourth-order valence-corrected chi connectivity index (χ4v) is 1.87. The maximum absolute atomic E-state index is 12.8. The van der Waals surface area contributed by atoms with Crippen molar-refractivity contribution < 1.29 is 19.1 Å². The van der Waals surface area contributed by atoms with Crippen LogP contribution in [0, 0.1) is 5.82 Å². The number of carbonyl (C=O) groups excluding carboxylic acids is 2. The number of halogens is 1. The van der Waals surface area contributed by atoms with Gasteiger partial charge in [0.2, 0.25) is 5.91 Å². The highest BCUT2D eigenvalue weighted by molar-refractivity contribution is 6.01. The highest BCUT2D eigenvalue weighted by Gasteiger charge is 2.02. The topological polar surface area (TPSA) is 87.0 Å². The predicted molar refractivity (Wildman–Crippen MR) is 80.5 cm³/mol. The molecule has 0 bridgehead atoms. The Bertz CT molecular complexity index is 708. The van der Waals surface area contributed by atoms with E-state index in [-0.39, 0.29) is 18.1 Å². The van der Waals surface area contributed by atoms with Crippen LogP contribution in [-0.4, -0.2) is 21.7 Å². The third-order valence-electron chi connectivity index (χ3n) is 2.97. The molecule has 2 aromatic rings. The van der Waals surface area contributed by atoms with Crippen molar-refractivity contribution in [3.05, 3.63) is 54.1 Å². The van der Waals surface area contributed by atoms with Crippen LogP contribution in [0.2, 0.25) is 0 Å². The molecule has 0 fully saturated rings. The highest BCUT2D eigenvalue weighted by atomic mass is 19.1. The molecule has 6 nitrogen and oxygen atoms in total. The lowest BCUT2D eigenvalue weighted by Crippen LogP contribution is -2.22. The number of rotatable bonds is 7. The monoisotopic (exact) mass is 316 g/mol. The van der Waals surface area contributed by atoms with Crippen molar-refractivity contribution in [3.63, 3.8) is 0 Å². The number of carboxylic acid groups (broad SMARTS) is 1. The fourth-order valence-electron chi connectivity index (χ4n) is 1.87. The Labute approximate surface area is 132 Å². The lowest BCUT2D eigenvalue weighted by atomic mass is 10.2. The number of aliphatic carboxylic acids is 1. The van der Waals surface area contributed by atoms with Crippen molar-refractivity contribution >= 4 is 23.6 Å². The van der Waals surface area contributed by atoms with Crippen molar-refractivity contribution in [1.82, 2.24) is 9.78 Å². The predicted octanol–water partition coefficient (Wildman–Crippen LogP) is 1.20. The minimum atomic E-state index is -1.10. The zero-order valence-electron chi connectivity index (χ0n) is 12.2. The van der Waals surface area contributed by atoms with E-state index in [1.54, 1.807) is 29.1 Å². The first-order chi connectivity index (χ1) is 11.0. The van der Waals surface area contributed by atoms with Gasteiger partial charge in [-0.15, -0.1) is 0 Å². The quantitative estimate of drug-likeness (QED) is 0.778. The van der Waals surface area contributed by atoms with Crippen LogP contribution in [0.4, 0.5) is 10.1 Å². The summed E-state index contributed by atoms with van der Waals surface area (Å²) < 4.78 is 14.3. The van der Waals surface area contributed by atoms with Gasteiger partial charge in [-0.3, -0.25) is 9.48 Å². The molecular weight excluding hydrogens is 301 g/mol. The summed E-state index contributed by atoms with van der Waals surface area (Å²) in [6.07, 6.45) is 6.35. The maximum atomic E-state index is 12.8. The average Bonchev–Trinajstić information content (AvgIpc) is 2.94. The highest BCUT2D eigenvalue weighted by Crippen LogP contribution is 2.08. The second-order valence-corrected chi connectivity index (χ2v) is 4.84. The van der Waals surface area contributed by atoms with E-state index < -0.39 is 5.97 Å². The molecule has 0 aliphatic heterocycles. The van der Waals surface area contributed by atoms with E-state index in [9.17, 15) is 19.1 Å². The summed E-state index contributed by atoms with van der Waals surface area (Å²) in [5, 5.41) is 17.0. The molecule has 1 N–H and O–H groups in total. The number of amides is 1. The van der Waals surface area contributed by atoms with Gasteiger partial charge >= 0.3 is 0 Å². The summed E-state index contributed by atoms with van der Waals surface area (Å²) in [7, 11) is 0. The number of carbonyl (C=O) groups is 2. The number of benzene rings is 1. The van der Waals surface area contributed by atoms with Gasteiger partial charge in [0.05, 0.1) is 11.9 Å². The minimum absolute atomic E-state index is 0.0397. The average molecular weight is 316 g/mol. The SMILES string of the molecule is O=C([O-])CCCn1cc(NC(=O)/C=C/c2ccc(F)cc2)cn1. The van der Waals surface area contributed by atoms with Gasteiger partial charge < -0.3 is 15.2 Å². The van der Waals surface area contributed by atoms with Gasteiger partial charge in [0.25, 0.3) is 0 Å². The van der Waals surface area contributed by atoms with E-state index >= 15 is 0 Å². The van der Waals surface area contributed by atoms with E-state index in [4.69, 9.17) is 0 Å². The summed E-state index contributed by atoms with van der Waals surface area (Å²) >= 11 is 0. The Morgan fingerprint density at radius 2 is 2.04 bits per heavy atom. The summed E-state index contributed by atoms with van der Waals surface area (Å²) in [6, 6.07) is 5.76. The molecule has 0 saturated carbocycles. The third kappa shape index (κ3) is 5.74. The van der Waals surface area contributed by atoms with Crippen molar-refractivity contribution in [1.29, 1.82) is 0 Å². The summed E-state index contributed by atoms with van der Waals surface area (Å²) in [5.41, 5.74) is 1.21. The summed E-state index contributed by atoms with van der Waals surface area (Å²) in [5.74, 6) is -1.78. The zero-order valence-corrected chi connectivity index (χ0v) is 12.2. The van der Waals surface area contributed by atoms with Crippen molar-refractivity contribution in [2.24, 2.45) is 0 Å². The molecule has 0 atom stereocenters. The van der Waals surface area contributed by atoms with Gasteiger partial charge in [-0.1, -0.05) is 12.1 Å². The standard InChI is InChI=1S/C16H16FN3O3/c17-13-6-3-12(4-7-13)5-8-15(21)19-14-10-18-20(11-14)9-1-2-16(22)23/h3-8,10-11H,1-2,9H2,(H,19,21)(H,22,23)/p-1/b8-5+. The van der Waals surface area contributed by atoms with E-state index in [2.05, 4.69) is 10.4 Å². The van der Waals surface area contributed by atoms with Crippen LogP contribution in [0.5, 0.6) is 0 Å². The number of hydrogen-bond acceptors (Lipinski definition) is 4. The largest absolute Gasteiger partial charge is 0.550 e. The molecule has 0 aliphatic carbocycles. The summed E-state index contributed by atoms with van der Waals surface area (Å²) in [4.78, 5) is 22.1. The van der Waals surface area contributed by atoms with Gasteiger partial charge in [-0.2, -0.15) is 5.10 Å². The zero-order chi connectivity index (χ0) is 16.7. The van der Waals surface area contributed by atoms with Crippen LogP contribution in [0.25, 0.3) is 6.08 Å². The van der Waals surface area contributed by atoms with Gasteiger partial charge in [0.15, 0.2) is 0 Å². The molecular formula is C16H15FN3O3-. The molecule has 120 valence electrons. The molecule has 1 aromatic carbocycles. The molecule has 1 aromatic heterocycles. The first-order valence-electron chi connectivity index (χ1n) is 7.00. The normalized spacial score (nSPS) is 10.8. The lowest BCUT2D eigenvalue weighted by molar-refractivity contribution is -0.305. The molecule has 0 spiro atoms.